The third kappa shape index (κ3) is 3.99. The van der Waals surface area contributed by atoms with E-state index >= 15 is 0 Å². The summed E-state index contributed by atoms with van der Waals surface area (Å²) >= 11 is 0. The summed E-state index contributed by atoms with van der Waals surface area (Å²) in [5.74, 6) is -0.121. The molecule has 2 aromatic carbocycles. The molecule has 0 spiro atoms. The lowest BCUT2D eigenvalue weighted by Crippen LogP contribution is -2.15. The van der Waals surface area contributed by atoms with Gasteiger partial charge >= 0.3 is 6.18 Å². The zero-order valence-electron chi connectivity index (χ0n) is 13.4. The quantitative estimate of drug-likeness (QED) is 0.718. The topological polar surface area (TPSA) is 57.8 Å². The number of carbonyl (C=O) groups excluding carboxylic acids is 1. The van der Waals surface area contributed by atoms with Gasteiger partial charge in [0.25, 0.3) is 0 Å². The van der Waals surface area contributed by atoms with Crippen LogP contribution in [-0.2, 0) is 11.0 Å². The Morgan fingerprint density at radius 2 is 1.84 bits per heavy atom. The summed E-state index contributed by atoms with van der Waals surface area (Å²) in [7, 11) is 0. The number of benzene rings is 2. The highest BCUT2D eigenvalue weighted by Crippen LogP contribution is 2.30. The van der Waals surface area contributed by atoms with Crippen LogP contribution in [0.1, 0.15) is 30.4 Å². The van der Waals surface area contributed by atoms with E-state index in [2.05, 4.69) is 15.3 Å². The molecule has 0 fully saturated rings. The molecule has 7 heteroatoms. The number of aromatic amines is 1. The van der Waals surface area contributed by atoms with Crippen molar-refractivity contribution in [2.45, 2.75) is 25.4 Å². The number of nitrogens with zero attached hydrogens (tertiary/aromatic N) is 1. The first-order valence-electron chi connectivity index (χ1n) is 7.74. The normalized spacial score (nSPS) is 13.0. The molecule has 0 saturated heterocycles. The molecule has 3 rings (SSSR count). The average Bonchev–Trinajstić information content (AvgIpc) is 2.96. The molecule has 0 aliphatic rings. The largest absolute Gasteiger partial charge is 0.416 e. The summed E-state index contributed by atoms with van der Waals surface area (Å²) in [6.07, 6.45) is -4.22. The lowest BCUT2D eigenvalue weighted by atomic mass is 9.96. The van der Waals surface area contributed by atoms with Crippen molar-refractivity contribution in [2.75, 3.05) is 5.32 Å². The molecule has 4 nitrogen and oxygen atoms in total. The van der Waals surface area contributed by atoms with Crippen molar-refractivity contribution < 1.29 is 18.0 Å². The summed E-state index contributed by atoms with van der Waals surface area (Å²) in [4.78, 5) is 19.4. The first kappa shape index (κ1) is 17.0. The predicted octanol–water partition coefficient (Wildman–Crippen LogP) is 4.71. The summed E-state index contributed by atoms with van der Waals surface area (Å²) in [5, 5.41) is 2.68. The number of rotatable bonds is 4. The fraction of sp³-hybridized carbons (Fsp3) is 0.222. The Balaban J connectivity index is 1.63. The van der Waals surface area contributed by atoms with Crippen molar-refractivity contribution in [1.29, 1.82) is 0 Å². The number of H-pyrrole nitrogens is 1. The van der Waals surface area contributed by atoms with Gasteiger partial charge in [0.05, 0.1) is 16.6 Å². The minimum absolute atomic E-state index is 0.141. The zero-order chi connectivity index (χ0) is 18.0. The number of carbonyl (C=O) groups is 1. The number of halogens is 3. The molecular formula is C18H16F3N3O. The van der Waals surface area contributed by atoms with E-state index in [-0.39, 0.29) is 18.2 Å². The summed E-state index contributed by atoms with van der Waals surface area (Å²) in [6, 6.07) is 12.3. The second-order valence-electron chi connectivity index (χ2n) is 5.88. The highest BCUT2D eigenvalue weighted by molar-refractivity contribution is 5.91. The fourth-order valence-electron chi connectivity index (χ4n) is 2.59. The van der Waals surface area contributed by atoms with Crippen LogP contribution < -0.4 is 5.32 Å². The smallest absolute Gasteiger partial charge is 0.324 e. The lowest BCUT2D eigenvalue weighted by Gasteiger charge is -2.13. The van der Waals surface area contributed by atoms with Gasteiger partial charge in [0.2, 0.25) is 11.9 Å². The minimum Gasteiger partial charge on any atom is -0.324 e. The highest BCUT2D eigenvalue weighted by Gasteiger charge is 2.30. The number of amides is 1. The monoisotopic (exact) mass is 347 g/mol. The number of nitrogens with one attached hydrogen (secondary N) is 2. The summed E-state index contributed by atoms with van der Waals surface area (Å²) in [5.41, 5.74) is 1.53. The zero-order valence-corrected chi connectivity index (χ0v) is 13.4. The van der Waals surface area contributed by atoms with Crippen LogP contribution in [-0.4, -0.2) is 15.9 Å². The van der Waals surface area contributed by atoms with Crippen molar-refractivity contribution in [3.05, 3.63) is 59.7 Å². The highest BCUT2D eigenvalue weighted by atomic mass is 19.4. The van der Waals surface area contributed by atoms with Crippen molar-refractivity contribution >= 4 is 22.9 Å². The second kappa shape index (κ2) is 6.58. The van der Waals surface area contributed by atoms with E-state index < -0.39 is 11.7 Å². The fourth-order valence-corrected chi connectivity index (χ4v) is 2.59. The van der Waals surface area contributed by atoms with E-state index in [9.17, 15) is 18.0 Å². The molecule has 1 atom stereocenters. The van der Waals surface area contributed by atoms with Crippen molar-refractivity contribution in [3.63, 3.8) is 0 Å². The molecule has 0 saturated carbocycles. The van der Waals surface area contributed by atoms with Crippen LogP contribution in [0.15, 0.2) is 48.5 Å². The Morgan fingerprint density at radius 3 is 2.48 bits per heavy atom. The molecular weight excluding hydrogens is 331 g/mol. The maximum atomic E-state index is 12.6. The number of aromatic nitrogens is 2. The molecule has 1 unspecified atom stereocenters. The van der Waals surface area contributed by atoms with Crippen molar-refractivity contribution in [2.24, 2.45) is 0 Å². The molecule has 1 heterocycles. The Hall–Kier alpha value is -2.83. The number of para-hydroxylation sites is 2. The molecule has 1 aromatic heterocycles. The average molecular weight is 347 g/mol. The number of hydrogen-bond acceptors (Lipinski definition) is 2. The van der Waals surface area contributed by atoms with Crippen LogP contribution in [0.4, 0.5) is 19.1 Å². The van der Waals surface area contributed by atoms with E-state index in [1.165, 1.54) is 12.1 Å². The predicted molar refractivity (Wildman–Crippen MR) is 89.2 cm³/mol. The van der Waals surface area contributed by atoms with Gasteiger partial charge in [0, 0.05) is 6.42 Å². The van der Waals surface area contributed by atoms with Gasteiger partial charge in [-0.1, -0.05) is 31.2 Å². The number of anilines is 1. The van der Waals surface area contributed by atoms with Gasteiger partial charge < -0.3 is 4.98 Å². The molecule has 25 heavy (non-hydrogen) atoms. The minimum atomic E-state index is -4.36. The van der Waals surface area contributed by atoms with Gasteiger partial charge in [-0.3, -0.25) is 10.1 Å². The number of fused-ring (bicyclic) bond motifs is 1. The third-order valence-corrected chi connectivity index (χ3v) is 3.95. The SMILES string of the molecule is CC(CC(=O)Nc1nc2ccccc2[nH]1)c1ccc(C(F)(F)F)cc1. The van der Waals surface area contributed by atoms with Crippen molar-refractivity contribution in [1.82, 2.24) is 9.97 Å². The number of alkyl halides is 3. The van der Waals surface area contributed by atoms with Crippen LogP contribution in [0, 0.1) is 0 Å². The van der Waals surface area contributed by atoms with E-state index in [1.807, 2.05) is 24.3 Å². The molecule has 0 aliphatic heterocycles. The van der Waals surface area contributed by atoms with Gasteiger partial charge in [-0.05, 0) is 35.7 Å². The molecule has 0 aliphatic carbocycles. The molecule has 0 radical (unpaired) electrons. The van der Waals surface area contributed by atoms with E-state index in [4.69, 9.17) is 0 Å². The standard InChI is InChI=1S/C18H16F3N3O/c1-11(12-6-8-13(9-7-12)18(19,20)21)10-16(25)24-17-22-14-4-2-3-5-15(14)23-17/h2-9,11H,10H2,1H3,(H2,22,23,24,25). The van der Waals surface area contributed by atoms with Crippen LogP contribution >= 0.6 is 0 Å². The molecule has 3 aromatic rings. The molecule has 0 bridgehead atoms. The first-order valence-corrected chi connectivity index (χ1v) is 7.74. The Morgan fingerprint density at radius 1 is 1.16 bits per heavy atom. The second-order valence-corrected chi connectivity index (χ2v) is 5.88. The Labute approximate surface area is 142 Å². The van der Waals surface area contributed by atoms with Gasteiger partial charge in [0.1, 0.15) is 0 Å². The van der Waals surface area contributed by atoms with Gasteiger partial charge in [0.15, 0.2) is 0 Å². The maximum absolute atomic E-state index is 12.6. The third-order valence-electron chi connectivity index (χ3n) is 3.95. The molecule has 1 amide bonds. The van der Waals surface area contributed by atoms with Crippen LogP contribution in [0.3, 0.4) is 0 Å². The van der Waals surface area contributed by atoms with Crippen LogP contribution in [0.5, 0.6) is 0 Å². The first-order chi connectivity index (χ1) is 11.8. The van der Waals surface area contributed by atoms with Crippen LogP contribution in [0.2, 0.25) is 0 Å². The lowest BCUT2D eigenvalue weighted by molar-refractivity contribution is -0.137. The maximum Gasteiger partial charge on any atom is 0.416 e. The van der Waals surface area contributed by atoms with Gasteiger partial charge in [-0.25, -0.2) is 4.98 Å². The van der Waals surface area contributed by atoms with Gasteiger partial charge in [-0.2, -0.15) is 13.2 Å². The van der Waals surface area contributed by atoms with Crippen LogP contribution in [0.25, 0.3) is 11.0 Å². The number of hydrogen-bond donors (Lipinski definition) is 2. The van der Waals surface area contributed by atoms with E-state index in [0.29, 0.717) is 11.5 Å². The van der Waals surface area contributed by atoms with Crippen molar-refractivity contribution in [3.8, 4) is 0 Å². The Bertz CT molecular complexity index is 851. The van der Waals surface area contributed by atoms with Gasteiger partial charge in [-0.15, -0.1) is 0 Å². The molecule has 2 N–H and O–H groups in total. The summed E-state index contributed by atoms with van der Waals surface area (Å²) < 4.78 is 37.8. The number of imidazole rings is 1. The van der Waals surface area contributed by atoms with E-state index in [0.717, 1.165) is 23.2 Å². The Kier molecular flexibility index (Phi) is 4.48. The van der Waals surface area contributed by atoms with E-state index in [1.54, 1.807) is 6.92 Å². The molecule has 130 valence electrons. The summed E-state index contributed by atoms with van der Waals surface area (Å²) in [6.45, 7) is 1.79.